The molecule has 7 heteroatoms. The smallest absolute Gasteiger partial charge is 0.300 e. The van der Waals surface area contributed by atoms with Crippen LogP contribution in [0, 0.1) is 20.8 Å². The lowest BCUT2D eigenvalue weighted by molar-refractivity contribution is -0.132. The number of halogens is 1. The molecule has 0 bridgehead atoms. The fourth-order valence-corrected chi connectivity index (χ4v) is 4.03. The molecule has 3 aromatic rings. The van der Waals surface area contributed by atoms with Crippen molar-refractivity contribution in [2.24, 2.45) is 0 Å². The molecule has 6 nitrogen and oxygen atoms in total. The summed E-state index contributed by atoms with van der Waals surface area (Å²) < 4.78 is 11.2. The topological polar surface area (TPSA) is 80.0 Å². The molecular weight excluding hydrogens is 430 g/mol. The molecule has 1 unspecified atom stereocenters. The van der Waals surface area contributed by atoms with Crippen molar-refractivity contribution in [2.45, 2.75) is 26.8 Å². The highest BCUT2D eigenvalue weighted by molar-refractivity contribution is 6.51. The van der Waals surface area contributed by atoms with Gasteiger partial charge in [0.1, 0.15) is 29.1 Å². The molecule has 1 aliphatic rings. The Labute approximate surface area is 190 Å². The number of carbonyl (C=O) groups excluding carboxylic acids is 2. The van der Waals surface area contributed by atoms with Crippen LogP contribution in [0.3, 0.4) is 0 Å². The van der Waals surface area contributed by atoms with Gasteiger partial charge < -0.3 is 14.3 Å². The first-order chi connectivity index (χ1) is 15.2. The highest BCUT2D eigenvalue weighted by atomic mass is 35.5. The second kappa shape index (κ2) is 8.20. The molecule has 4 rings (SSSR count). The van der Waals surface area contributed by atoms with E-state index in [1.807, 2.05) is 19.9 Å². The summed E-state index contributed by atoms with van der Waals surface area (Å²) in [7, 11) is 1.47. The molecule has 1 atom stereocenters. The molecule has 0 radical (unpaired) electrons. The van der Waals surface area contributed by atoms with Gasteiger partial charge in [0, 0.05) is 10.7 Å². The lowest BCUT2D eigenvalue weighted by Gasteiger charge is -2.24. The van der Waals surface area contributed by atoms with Crippen LogP contribution in [-0.4, -0.2) is 23.9 Å². The number of benzene rings is 2. The van der Waals surface area contributed by atoms with Crippen LogP contribution in [0.4, 0.5) is 5.69 Å². The number of nitrogens with zero attached hydrogens (tertiary/aromatic N) is 1. The van der Waals surface area contributed by atoms with Gasteiger partial charge in [0.25, 0.3) is 11.7 Å². The second-order valence-electron chi connectivity index (χ2n) is 7.75. The molecule has 1 aliphatic heterocycles. The van der Waals surface area contributed by atoms with Crippen molar-refractivity contribution in [2.75, 3.05) is 12.0 Å². The number of amides is 1. The van der Waals surface area contributed by atoms with Gasteiger partial charge in [0.15, 0.2) is 0 Å². The molecule has 164 valence electrons. The zero-order valence-corrected chi connectivity index (χ0v) is 18.9. The molecule has 1 N–H and O–H groups in total. The van der Waals surface area contributed by atoms with Gasteiger partial charge in [0.05, 0.1) is 18.2 Å². The fourth-order valence-electron chi connectivity index (χ4n) is 3.85. The Kier molecular flexibility index (Phi) is 5.57. The van der Waals surface area contributed by atoms with Crippen molar-refractivity contribution >= 4 is 34.7 Å². The minimum absolute atomic E-state index is 0.0788. The van der Waals surface area contributed by atoms with Crippen LogP contribution in [0.2, 0.25) is 5.02 Å². The van der Waals surface area contributed by atoms with Gasteiger partial charge in [-0.3, -0.25) is 14.5 Å². The maximum absolute atomic E-state index is 13.2. The van der Waals surface area contributed by atoms with E-state index in [0.717, 1.165) is 11.1 Å². The predicted octanol–water partition coefficient (Wildman–Crippen LogP) is 5.49. The quantitative estimate of drug-likeness (QED) is 0.322. The molecule has 0 spiro atoms. The Hall–Kier alpha value is -3.51. The number of anilines is 1. The van der Waals surface area contributed by atoms with Crippen molar-refractivity contribution in [3.8, 4) is 5.75 Å². The van der Waals surface area contributed by atoms with Crippen LogP contribution in [-0.2, 0) is 9.59 Å². The summed E-state index contributed by atoms with van der Waals surface area (Å²) in [5.41, 5.74) is 2.36. The van der Waals surface area contributed by atoms with Gasteiger partial charge in [-0.15, -0.1) is 0 Å². The Morgan fingerprint density at radius 2 is 1.81 bits per heavy atom. The van der Waals surface area contributed by atoms with Crippen LogP contribution in [0.15, 0.2) is 58.5 Å². The average Bonchev–Trinajstić information content (AvgIpc) is 3.30. The Morgan fingerprint density at radius 1 is 1.06 bits per heavy atom. The standard InChI is InChI=1S/C25H22ClNO5/c1-13-5-9-19(31-4)17(11-13)23(28)21-22(20-10-7-15(3)32-20)27(25(30)24(21)29)16-8-6-14(2)18(26)12-16/h5-12,22,28H,1-4H3/b23-21-. The number of furan rings is 1. The number of rotatable bonds is 4. The molecule has 1 fully saturated rings. The van der Waals surface area contributed by atoms with Crippen molar-refractivity contribution in [1.29, 1.82) is 0 Å². The summed E-state index contributed by atoms with van der Waals surface area (Å²) in [6.07, 6.45) is 0. The fraction of sp³-hybridized carbons (Fsp3) is 0.200. The van der Waals surface area contributed by atoms with E-state index in [2.05, 4.69) is 0 Å². The molecule has 0 saturated carbocycles. The number of aliphatic hydroxyl groups excluding tert-OH is 1. The number of hydrogen-bond donors (Lipinski definition) is 1. The van der Waals surface area contributed by atoms with Crippen molar-refractivity contribution in [1.82, 2.24) is 0 Å². The zero-order valence-electron chi connectivity index (χ0n) is 18.1. The number of aryl methyl sites for hydroxylation is 3. The van der Waals surface area contributed by atoms with Gasteiger partial charge >= 0.3 is 0 Å². The second-order valence-corrected chi connectivity index (χ2v) is 8.16. The van der Waals surface area contributed by atoms with E-state index < -0.39 is 17.7 Å². The van der Waals surface area contributed by atoms with Crippen LogP contribution in [0.1, 0.15) is 34.3 Å². The maximum atomic E-state index is 13.2. The van der Waals surface area contributed by atoms with Crippen molar-refractivity contribution < 1.29 is 23.8 Å². The minimum atomic E-state index is -0.965. The number of carbonyl (C=O) groups is 2. The zero-order chi connectivity index (χ0) is 23.2. The van der Waals surface area contributed by atoms with E-state index in [-0.39, 0.29) is 11.3 Å². The summed E-state index contributed by atoms with van der Waals surface area (Å²) in [6, 6.07) is 12.8. The number of aliphatic hydroxyl groups is 1. The molecule has 2 heterocycles. The van der Waals surface area contributed by atoms with Gasteiger partial charge in [-0.1, -0.05) is 29.3 Å². The summed E-state index contributed by atoms with van der Waals surface area (Å²) in [6.45, 7) is 5.47. The molecule has 2 aromatic carbocycles. The summed E-state index contributed by atoms with van der Waals surface area (Å²) in [5, 5.41) is 11.7. The first-order valence-corrected chi connectivity index (χ1v) is 10.4. The maximum Gasteiger partial charge on any atom is 0.300 e. The largest absolute Gasteiger partial charge is 0.507 e. The molecule has 32 heavy (non-hydrogen) atoms. The van der Waals surface area contributed by atoms with E-state index in [1.165, 1.54) is 12.0 Å². The number of methoxy groups -OCH3 is 1. The number of hydrogen-bond acceptors (Lipinski definition) is 5. The van der Waals surface area contributed by atoms with Crippen LogP contribution in [0.5, 0.6) is 5.75 Å². The lowest BCUT2D eigenvalue weighted by atomic mass is 9.97. The first-order valence-electron chi connectivity index (χ1n) is 10.0. The number of ketones is 1. The van der Waals surface area contributed by atoms with Crippen LogP contribution in [0.25, 0.3) is 5.76 Å². The molecule has 1 saturated heterocycles. The molecule has 0 aliphatic carbocycles. The van der Waals surface area contributed by atoms with E-state index in [1.54, 1.807) is 49.4 Å². The van der Waals surface area contributed by atoms with Gasteiger partial charge in [-0.25, -0.2) is 0 Å². The SMILES string of the molecule is COc1ccc(C)cc1/C(O)=C1/C(=O)C(=O)N(c2ccc(C)c(Cl)c2)C1c1ccc(C)o1. The van der Waals surface area contributed by atoms with E-state index >= 15 is 0 Å². The van der Waals surface area contributed by atoms with Crippen LogP contribution >= 0.6 is 11.6 Å². The van der Waals surface area contributed by atoms with Gasteiger partial charge in [-0.2, -0.15) is 0 Å². The summed E-state index contributed by atoms with van der Waals surface area (Å²) in [4.78, 5) is 27.7. The predicted molar refractivity (Wildman–Crippen MR) is 122 cm³/mol. The van der Waals surface area contributed by atoms with E-state index in [0.29, 0.717) is 33.5 Å². The number of ether oxygens (including phenoxy) is 1. The Bertz CT molecular complexity index is 1270. The third-order valence-electron chi connectivity index (χ3n) is 5.52. The van der Waals surface area contributed by atoms with Gasteiger partial charge in [0.2, 0.25) is 0 Å². The van der Waals surface area contributed by atoms with E-state index in [4.69, 9.17) is 20.8 Å². The van der Waals surface area contributed by atoms with Gasteiger partial charge in [-0.05, 0) is 62.7 Å². The number of Topliss-reactive ketones (excluding diaryl/α,β-unsaturated/α-hetero) is 1. The first kappa shape index (κ1) is 21.7. The van der Waals surface area contributed by atoms with E-state index in [9.17, 15) is 14.7 Å². The Balaban J connectivity index is 1.98. The average molecular weight is 452 g/mol. The Morgan fingerprint density at radius 3 is 2.44 bits per heavy atom. The lowest BCUT2D eigenvalue weighted by Crippen LogP contribution is -2.29. The summed E-state index contributed by atoms with van der Waals surface area (Å²) >= 11 is 6.30. The molecule has 1 amide bonds. The molecular formula is C25H22ClNO5. The molecule has 1 aromatic heterocycles. The summed E-state index contributed by atoms with van der Waals surface area (Å²) in [5.74, 6) is -0.582. The third kappa shape index (κ3) is 3.56. The van der Waals surface area contributed by atoms with Crippen molar-refractivity contribution in [3.63, 3.8) is 0 Å². The normalized spacial score (nSPS) is 17.8. The highest BCUT2D eigenvalue weighted by Gasteiger charge is 2.48. The third-order valence-corrected chi connectivity index (χ3v) is 5.93. The monoisotopic (exact) mass is 451 g/mol. The van der Waals surface area contributed by atoms with Crippen LogP contribution < -0.4 is 9.64 Å². The minimum Gasteiger partial charge on any atom is -0.507 e. The highest BCUT2D eigenvalue weighted by Crippen LogP contribution is 2.44. The van der Waals surface area contributed by atoms with Crippen molar-refractivity contribution in [3.05, 3.63) is 87.3 Å².